The Labute approximate surface area is 140 Å². The van der Waals surface area contributed by atoms with Gasteiger partial charge < -0.3 is 15.3 Å². The van der Waals surface area contributed by atoms with Gasteiger partial charge in [-0.3, -0.25) is 0 Å². The smallest absolute Gasteiger partial charge is 0.151 e. The van der Waals surface area contributed by atoms with Gasteiger partial charge in [0, 0.05) is 30.6 Å². The number of hydrogen-bond donors (Lipinski definition) is 2. The molecule has 1 aliphatic carbocycles. The first-order valence-electron chi connectivity index (χ1n) is 8.36. The highest BCUT2D eigenvalue weighted by atomic mass is 32.1. The summed E-state index contributed by atoms with van der Waals surface area (Å²) in [6.07, 6.45) is 5.89. The zero-order valence-electron chi connectivity index (χ0n) is 13.1. The Balaban J connectivity index is 1.43. The third-order valence-corrected chi connectivity index (χ3v) is 5.56. The fraction of sp³-hybridized carbons (Fsp3) is 0.529. The number of rotatable bonds is 5. The summed E-state index contributed by atoms with van der Waals surface area (Å²) in [6.45, 7) is 2.45. The highest BCUT2D eigenvalue weighted by Gasteiger charge is 2.26. The SMILES string of the molecule is OC1CCN(c2ncccc2NCc2csc(C3CC3)n2)CC1. The topological polar surface area (TPSA) is 61.3 Å². The Bertz CT molecular complexity index is 662. The van der Waals surface area contributed by atoms with Crippen molar-refractivity contribution in [2.24, 2.45) is 0 Å². The van der Waals surface area contributed by atoms with Crippen LogP contribution in [0, 0.1) is 0 Å². The molecule has 2 fully saturated rings. The van der Waals surface area contributed by atoms with Gasteiger partial charge >= 0.3 is 0 Å². The number of anilines is 2. The van der Waals surface area contributed by atoms with E-state index in [9.17, 15) is 5.11 Å². The lowest BCUT2D eigenvalue weighted by atomic mass is 10.1. The number of nitrogens with one attached hydrogen (secondary N) is 1. The van der Waals surface area contributed by atoms with Gasteiger partial charge in [-0.15, -0.1) is 11.3 Å². The van der Waals surface area contributed by atoms with Crippen molar-refractivity contribution in [3.8, 4) is 0 Å². The zero-order chi connectivity index (χ0) is 15.6. The number of hydrogen-bond acceptors (Lipinski definition) is 6. The lowest BCUT2D eigenvalue weighted by molar-refractivity contribution is 0.145. The fourth-order valence-corrected chi connectivity index (χ4v) is 3.96. The number of aromatic nitrogens is 2. The van der Waals surface area contributed by atoms with E-state index < -0.39 is 0 Å². The summed E-state index contributed by atoms with van der Waals surface area (Å²) >= 11 is 1.78. The third kappa shape index (κ3) is 3.48. The third-order valence-electron chi connectivity index (χ3n) is 4.51. The van der Waals surface area contributed by atoms with Crippen molar-refractivity contribution in [1.82, 2.24) is 9.97 Å². The minimum atomic E-state index is -0.165. The molecule has 0 amide bonds. The van der Waals surface area contributed by atoms with Gasteiger partial charge in [0.25, 0.3) is 0 Å². The first-order chi connectivity index (χ1) is 11.3. The fourth-order valence-electron chi connectivity index (χ4n) is 2.97. The summed E-state index contributed by atoms with van der Waals surface area (Å²) in [7, 11) is 0. The number of piperidine rings is 1. The van der Waals surface area contributed by atoms with E-state index in [1.54, 1.807) is 11.3 Å². The van der Waals surface area contributed by atoms with Crippen LogP contribution < -0.4 is 10.2 Å². The van der Waals surface area contributed by atoms with Gasteiger partial charge in [0.05, 0.1) is 29.0 Å². The molecule has 0 aromatic carbocycles. The second-order valence-electron chi connectivity index (χ2n) is 6.40. The second kappa shape index (κ2) is 6.45. The minimum absolute atomic E-state index is 0.165. The van der Waals surface area contributed by atoms with Crippen molar-refractivity contribution in [2.75, 3.05) is 23.3 Å². The van der Waals surface area contributed by atoms with Gasteiger partial charge in [-0.1, -0.05) is 0 Å². The van der Waals surface area contributed by atoms with Crippen LogP contribution in [0.5, 0.6) is 0 Å². The molecule has 0 bridgehead atoms. The average molecular weight is 330 g/mol. The zero-order valence-corrected chi connectivity index (χ0v) is 13.9. The van der Waals surface area contributed by atoms with Crippen LogP contribution in [-0.2, 0) is 6.54 Å². The van der Waals surface area contributed by atoms with Gasteiger partial charge in [-0.05, 0) is 37.8 Å². The molecular weight excluding hydrogens is 308 g/mol. The predicted octanol–water partition coefficient (Wildman–Crippen LogP) is 2.99. The Morgan fingerprint density at radius 2 is 2.09 bits per heavy atom. The maximum atomic E-state index is 9.68. The van der Waals surface area contributed by atoms with Gasteiger partial charge in [-0.25, -0.2) is 9.97 Å². The summed E-state index contributed by atoms with van der Waals surface area (Å²) in [5, 5.41) is 16.6. The van der Waals surface area contributed by atoms with Crippen LogP contribution in [0.2, 0.25) is 0 Å². The number of nitrogens with zero attached hydrogens (tertiary/aromatic N) is 3. The molecule has 1 aliphatic heterocycles. The molecule has 2 aliphatic rings. The van der Waals surface area contributed by atoms with Gasteiger partial charge in [0.2, 0.25) is 0 Å². The lowest BCUT2D eigenvalue weighted by Gasteiger charge is -2.31. The van der Waals surface area contributed by atoms with E-state index in [0.29, 0.717) is 0 Å². The van der Waals surface area contributed by atoms with Gasteiger partial charge in [0.15, 0.2) is 5.82 Å². The van der Waals surface area contributed by atoms with Crippen LogP contribution in [0.15, 0.2) is 23.7 Å². The van der Waals surface area contributed by atoms with E-state index in [0.717, 1.165) is 55.6 Å². The number of pyridine rings is 1. The quantitative estimate of drug-likeness (QED) is 0.882. The Morgan fingerprint density at radius 1 is 1.26 bits per heavy atom. The molecular formula is C17H22N4OS. The molecule has 0 unspecified atom stereocenters. The van der Waals surface area contributed by atoms with Crippen LogP contribution in [0.4, 0.5) is 11.5 Å². The van der Waals surface area contributed by atoms with E-state index in [1.165, 1.54) is 17.8 Å². The molecule has 0 radical (unpaired) electrons. The van der Waals surface area contributed by atoms with Crippen LogP contribution in [-0.4, -0.2) is 34.3 Å². The monoisotopic (exact) mass is 330 g/mol. The summed E-state index contributed by atoms with van der Waals surface area (Å²) in [4.78, 5) is 11.5. The number of thiazole rings is 1. The van der Waals surface area contributed by atoms with Crippen molar-refractivity contribution >= 4 is 22.8 Å². The van der Waals surface area contributed by atoms with E-state index in [-0.39, 0.29) is 6.10 Å². The van der Waals surface area contributed by atoms with Gasteiger partial charge in [0.1, 0.15) is 0 Å². The van der Waals surface area contributed by atoms with Crippen LogP contribution in [0.25, 0.3) is 0 Å². The maximum Gasteiger partial charge on any atom is 0.151 e. The van der Waals surface area contributed by atoms with Crippen LogP contribution in [0.3, 0.4) is 0 Å². The van der Waals surface area contributed by atoms with E-state index >= 15 is 0 Å². The molecule has 3 heterocycles. The molecule has 2 aromatic heterocycles. The predicted molar refractivity (Wildman–Crippen MR) is 93.1 cm³/mol. The first kappa shape index (κ1) is 14.9. The summed E-state index contributed by atoms with van der Waals surface area (Å²) in [5.41, 5.74) is 2.16. The van der Waals surface area contributed by atoms with E-state index in [4.69, 9.17) is 4.98 Å². The molecule has 0 spiro atoms. The molecule has 6 heteroatoms. The molecule has 4 rings (SSSR count). The minimum Gasteiger partial charge on any atom is -0.393 e. The average Bonchev–Trinajstić information content (AvgIpc) is 3.33. The van der Waals surface area contributed by atoms with Crippen LogP contribution in [0.1, 0.15) is 42.3 Å². The largest absolute Gasteiger partial charge is 0.393 e. The standard InChI is InChI=1S/C17H22N4OS/c22-14-5-8-21(9-6-14)16-15(2-1-7-18-16)19-10-13-11-23-17(20-13)12-3-4-12/h1-2,7,11-12,14,19,22H,3-6,8-10H2. The van der Waals surface area contributed by atoms with Crippen molar-refractivity contribution in [3.63, 3.8) is 0 Å². The van der Waals surface area contributed by atoms with Crippen molar-refractivity contribution in [1.29, 1.82) is 0 Å². The summed E-state index contributed by atoms with van der Waals surface area (Å²) in [6, 6.07) is 4.03. The maximum absolute atomic E-state index is 9.68. The summed E-state index contributed by atoms with van der Waals surface area (Å²) < 4.78 is 0. The molecule has 23 heavy (non-hydrogen) atoms. The van der Waals surface area contributed by atoms with Crippen LogP contribution >= 0.6 is 11.3 Å². The Hall–Kier alpha value is -1.66. The Morgan fingerprint density at radius 3 is 2.87 bits per heavy atom. The Kier molecular flexibility index (Phi) is 4.18. The molecule has 2 aromatic rings. The number of aliphatic hydroxyl groups excluding tert-OH is 1. The normalized spacial score (nSPS) is 19.1. The highest BCUT2D eigenvalue weighted by molar-refractivity contribution is 7.09. The second-order valence-corrected chi connectivity index (χ2v) is 7.29. The van der Waals surface area contributed by atoms with Crippen molar-refractivity contribution in [3.05, 3.63) is 34.4 Å². The highest BCUT2D eigenvalue weighted by Crippen LogP contribution is 2.41. The number of aliphatic hydroxyl groups is 1. The molecule has 0 atom stereocenters. The molecule has 1 saturated carbocycles. The molecule has 122 valence electrons. The molecule has 1 saturated heterocycles. The van der Waals surface area contributed by atoms with Crippen molar-refractivity contribution < 1.29 is 5.11 Å². The van der Waals surface area contributed by atoms with Gasteiger partial charge in [-0.2, -0.15) is 0 Å². The summed E-state index contributed by atoms with van der Waals surface area (Å²) in [5.74, 6) is 1.71. The first-order valence-corrected chi connectivity index (χ1v) is 9.24. The lowest BCUT2D eigenvalue weighted by Crippen LogP contribution is -2.36. The molecule has 2 N–H and O–H groups in total. The van der Waals surface area contributed by atoms with Crippen molar-refractivity contribution in [2.45, 2.75) is 44.2 Å². The van der Waals surface area contributed by atoms with E-state index in [2.05, 4.69) is 26.6 Å². The van der Waals surface area contributed by atoms with E-state index in [1.807, 2.05) is 12.3 Å². The molecule has 5 nitrogen and oxygen atoms in total.